The van der Waals surface area contributed by atoms with Crippen LogP contribution in [0.4, 0.5) is 0 Å². The van der Waals surface area contributed by atoms with E-state index in [9.17, 15) is 0 Å². The quantitative estimate of drug-likeness (QED) is 0.761. The molecule has 0 spiro atoms. The van der Waals surface area contributed by atoms with Crippen LogP contribution in [0.2, 0.25) is 0 Å². The first kappa shape index (κ1) is 15.2. The molecule has 0 saturated heterocycles. The Labute approximate surface area is 135 Å². The molecule has 0 atom stereocenters. The highest BCUT2D eigenvalue weighted by atomic mass is 16.5. The van der Waals surface area contributed by atoms with Crippen molar-refractivity contribution in [2.75, 3.05) is 7.11 Å². The number of nitrogens with zero attached hydrogens (tertiary/aromatic N) is 3. The number of methoxy groups -OCH3 is 1. The largest absolute Gasteiger partial charge is 0.496 e. The summed E-state index contributed by atoms with van der Waals surface area (Å²) in [5, 5.41) is 11.3. The maximum absolute atomic E-state index is 5.55. The van der Waals surface area contributed by atoms with Gasteiger partial charge in [0, 0.05) is 19.2 Å². The van der Waals surface area contributed by atoms with Crippen molar-refractivity contribution in [2.45, 2.75) is 13.1 Å². The number of aromatic nitrogens is 3. The Kier molecular flexibility index (Phi) is 4.68. The summed E-state index contributed by atoms with van der Waals surface area (Å²) in [6.45, 7) is 1.38. The van der Waals surface area contributed by atoms with Crippen LogP contribution in [0.3, 0.4) is 0 Å². The first-order valence-corrected chi connectivity index (χ1v) is 7.54. The number of hydrogen-bond donors (Lipinski definition) is 1. The summed E-state index contributed by atoms with van der Waals surface area (Å²) in [5.41, 5.74) is 3.46. The molecule has 0 amide bonds. The predicted octanol–water partition coefficient (Wildman–Crippen LogP) is 2.78. The predicted molar refractivity (Wildman–Crippen MR) is 90.0 cm³/mol. The smallest absolute Gasteiger partial charge is 0.146 e. The van der Waals surface area contributed by atoms with Gasteiger partial charge in [-0.1, -0.05) is 42.5 Å². The highest BCUT2D eigenvalue weighted by Gasteiger charge is 2.07. The van der Waals surface area contributed by atoms with Gasteiger partial charge < -0.3 is 14.6 Å². The van der Waals surface area contributed by atoms with Crippen molar-refractivity contribution >= 4 is 0 Å². The number of benzene rings is 2. The third-order valence-corrected chi connectivity index (χ3v) is 3.80. The third kappa shape index (κ3) is 3.57. The number of ether oxygens (including phenoxy) is 1. The highest BCUT2D eigenvalue weighted by Crippen LogP contribution is 2.27. The van der Waals surface area contributed by atoms with Crippen LogP contribution in [0.25, 0.3) is 11.1 Å². The third-order valence-electron chi connectivity index (χ3n) is 3.80. The molecule has 3 aromatic rings. The van der Waals surface area contributed by atoms with Gasteiger partial charge in [-0.25, -0.2) is 0 Å². The minimum absolute atomic E-state index is 0.667. The lowest BCUT2D eigenvalue weighted by atomic mass is 10.0. The molecular weight excluding hydrogens is 288 g/mol. The average molecular weight is 308 g/mol. The van der Waals surface area contributed by atoms with E-state index in [0.717, 1.165) is 22.7 Å². The lowest BCUT2D eigenvalue weighted by Crippen LogP contribution is -2.16. The molecule has 23 heavy (non-hydrogen) atoms. The molecule has 2 aromatic carbocycles. The van der Waals surface area contributed by atoms with E-state index in [1.807, 2.05) is 29.8 Å². The van der Waals surface area contributed by atoms with Gasteiger partial charge in [0.25, 0.3) is 0 Å². The van der Waals surface area contributed by atoms with Crippen molar-refractivity contribution in [1.29, 1.82) is 0 Å². The van der Waals surface area contributed by atoms with Crippen molar-refractivity contribution < 1.29 is 4.74 Å². The van der Waals surface area contributed by atoms with Crippen LogP contribution in [0.15, 0.2) is 54.9 Å². The fourth-order valence-electron chi connectivity index (χ4n) is 2.48. The summed E-state index contributed by atoms with van der Waals surface area (Å²) in [6.07, 6.45) is 1.70. The van der Waals surface area contributed by atoms with E-state index in [-0.39, 0.29) is 0 Å². The van der Waals surface area contributed by atoms with Crippen molar-refractivity contribution in [3.05, 3.63) is 66.2 Å². The minimum Gasteiger partial charge on any atom is -0.496 e. The average Bonchev–Trinajstić information content (AvgIpc) is 3.01. The first-order valence-electron chi connectivity index (χ1n) is 7.54. The van der Waals surface area contributed by atoms with Gasteiger partial charge in [-0.15, -0.1) is 10.2 Å². The molecule has 1 aromatic heterocycles. The van der Waals surface area contributed by atoms with E-state index in [1.54, 1.807) is 13.4 Å². The van der Waals surface area contributed by atoms with Gasteiger partial charge in [0.05, 0.1) is 13.7 Å². The molecule has 1 N–H and O–H groups in total. The van der Waals surface area contributed by atoms with E-state index in [1.165, 1.54) is 5.56 Å². The van der Waals surface area contributed by atoms with Crippen molar-refractivity contribution in [3.63, 3.8) is 0 Å². The molecule has 0 fully saturated rings. The van der Waals surface area contributed by atoms with E-state index in [2.05, 4.69) is 45.8 Å². The van der Waals surface area contributed by atoms with Crippen LogP contribution in [-0.4, -0.2) is 21.9 Å². The summed E-state index contributed by atoms with van der Waals surface area (Å²) < 4.78 is 7.45. The lowest BCUT2D eigenvalue weighted by molar-refractivity contribution is 0.407. The van der Waals surface area contributed by atoms with E-state index in [4.69, 9.17) is 4.74 Å². The number of nitrogens with one attached hydrogen (secondary N) is 1. The van der Waals surface area contributed by atoms with Crippen LogP contribution in [0.5, 0.6) is 5.75 Å². The van der Waals surface area contributed by atoms with E-state index >= 15 is 0 Å². The molecule has 3 rings (SSSR count). The van der Waals surface area contributed by atoms with Gasteiger partial charge in [0.2, 0.25) is 0 Å². The Morgan fingerprint density at radius 3 is 2.57 bits per heavy atom. The maximum Gasteiger partial charge on any atom is 0.146 e. The second kappa shape index (κ2) is 7.07. The monoisotopic (exact) mass is 308 g/mol. The molecule has 0 aliphatic rings. The Morgan fingerprint density at radius 1 is 1.04 bits per heavy atom. The summed E-state index contributed by atoms with van der Waals surface area (Å²) in [4.78, 5) is 0. The zero-order chi connectivity index (χ0) is 16.1. The summed E-state index contributed by atoms with van der Waals surface area (Å²) >= 11 is 0. The number of aryl methyl sites for hydroxylation is 1. The fourth-order valence-corrected chi connectivity index (χ4v) is 2.48. The van der Waals surface area contributed by atoms with Crippen molar-refractivity contribution in [1.82, 2.24) is 20.1 Å². The second-order valence-corrected chi connectivity index (χ2v) is 5.35. The first-order chi connectivity index (χ1) is 11.3. The van der Waals surface area contributed by atoms with Crippen LogP contribution >= 0.6 is 0 Å². The van der Waals surface area contributed by atoms with Gasteiger partial charge in [0.1, 0.15) is 17.9 Å². The zero-order valence-electron chi connectivity index (χ0n) is 13.4. The second-order valence-electron chi connectivity index (χ2n) is 5.35. The van der Waals surface area contributed by atoms with Crippen LogP contribution in [-0.2, 0) is 20.1 Å². The van der Waals surface area contributed by atoms with Gasteiger partial charge in [-0.3, -0.25) is 0 Å². The fraction of sp³-hybridized carbons (Fsp3) is 0.222. The Balaban J connectivity index is 1.71. The van der Waals surface area contributed by atoms with Crippen LogP contribution in [0, 0.1) is 0 Å². The van der Waals surface area contributed by atoms with E-state index in [0.29, 0.717) is 13.1 Å². The molecular formula is C18H20N4O. The number of hydrogen-bond acceptors (Lipinski definition) is 4. The lowest BCUT2D eigenvalue weighted by Gasteiger charge is -2.12. The zero-order valence-corrected chi connectivity index (χ0v) is 13.4. The van der Waals surface area contributed by atoms with Crippen LogP contribution in [0.1, 0.15) is 11.4 Å². The topological polar surface area (TPSA) is 52.0 Å². The molecule has 0 saturated carbocycles. The summed E-state index contributed by atoms with van der Waals surface area (Å²) in [6, 6.07) is 16.6. The Bertz CT molecular complexity index is 768. The highest BCUT2D eigenvalue weighted by molar-refractivity contribution is 5.66. The van der Waals surface area contributed by atoms with Gasteiger partial charge in [-0.2, -0.15) is 0 Å². The standard InChI is InChI=1S/C18H20N4O/c1-22-13-20-21-18(22)12-19-11-16-9-8-15(10-17(16)23-2)14-6-4-3-5-7-14/h3-10,13,19H,11-12H2,1-2H3. The molecule has 5 heteroatoms. The molecule has 1 heterocycles. The molecule has 118 valence electrons. The summed E-state index contributed by atoms with van der Waals surface area (Å²) in [7, 11) is 3.64. The molecule has 0 radical (unpaired) electrons. The van der Waals surface area contributed by atoms with Crippen molar-refractivity contribution in [3.8, 4) is 16.9 Å². The van der Waals surface area contributed by atoms with Crippen molar-refractivity contribution in [2.24, 2.45) is 7.05 Å². The molecule has 5 nitrogen and oxygen atoms in total. The van der Waals surface area contributed by atoms with Crippen LogP contribution < -0.4 is 10.1 Å². The van der Waals surface area contributed by atoms with E-state index < -0.39 is 0 Å². The Morgan fingerprint density at radius 2 is 1.87 bits per heavy atom. The Hall–Kier alpha value is -2.66. The van der Waals surface area contributed by atoms with Gasteiger partial charge in [-0.05, 0) is 17.2 Å². The summed E-state index contributed by atoms with van der Waals surface area (Å²) in [5.74, 6) is 1.79. The minimum atomic E-state index is 0.667. The molecule has 0 aliphatic carbocycles. The number of rotatable bonds is 6. The maximum atomic E-state index is 5.55. The normalized spacial score (nSPS) is 10.7. The SMILES string of the molecule is COc1cc(-c2ccccc2)ccc1CNCc1nncn1C. The molecule has 0 aliphatic heterocycles. The molecule has 0 unspecified atom stereocenters. The van der Waals surface area contributed by atoms with Gasteiger partial charge in [0.15, 0.2) is 0 Å². The van der Waals surface area contributed by atoms with Gasteiger partial charge >= 0.3 is 0 Å². The molecule has 0 bridgehead atoms.